The van der Waals surface area contributed by atoms with Gasteiger partial charge in [-0.1, -0.05) is 0 Å². The fourth-order valence-electron chi connectivity index (χ4n) is 2.42. The van der Waals surface area contributed by atoms with Crippen molar-refractivity contribution in [2.45, 2.75) is 23.8 Å². The second-order valence-electron chi connectivity index (χ2n) is 4.89. The Morgan fingerprint density at radius 3 is 2.67 bits per heavy atom. The standard InChI is InChI=1S/C13H19FN2O4S/c1-19-9-4-3-5-16(8-9)21(17,18)10-6-11(14)13(20-2)12(15)7-10/h6-7,9H,3-5,8,15H2,1-2H3. The molecule has 0 radical (unpaired) electrons. The van der Waals surface area contributed by atoms with Crippen LogP contribution >= 0.6 is 0 Å². The van der Waals surface area contributed by atoms with Gasteiger partial charge in [-0.25, -0.2) is 12.8 Å². The van der Waals surface area contributed by atoms with Crippen LogP contribution < -0.4 is 10.5 Å². The molecule has 1 aromatic rings. The minimum Gasteiger partial charge on any atom is -0.492 e. The Bertz CT molecular complexity index is 598. The third-order valence-electron chi connectivity index (χ3n) is 3.56. The minimum atomic E-state index is -3.80. The van der Waals surface area contributed by atoms with Crippen LogP contribution in [0.25, 0.3) is 0 Å². The lowest BCUT2D eigenvalue weighted by atomic mass is 10.1. The topological polar surface area (TPSA) is 81.9 Å². The molecule has 2 rings (SSSR count). The van der Waals surface area contributed by atoms with Crippen LogP contribution in [0.2, 0.25) is 0 Å². The second-order valence-corrected chi connectivity index (χ2v) is 6.83. The molecule has 0 aromatic heterocycles. The van der Waals surface area contributed by atoms with E-state index in [1.165, 1.54) is 17.5 Å². The molecule has 118 valence electrons. The summed E-state index contributed by atoms with van der Waals surface area (Å²) in [5.41, 5.74) is 5.59. The van der Waals surface area contributed by atoms with Crippen molar-refractivity contribution in [3.05, 3.63) is 17.9 Å². The number of piperidine rings is 1. The summed E-state index contributed by atoms with van der Waals surface area (Å²) in [5, 5.41) is 0. The largest absolute Gasteiger partial charge is 0.492 e. The number of hydrogen-bond acceptors (Lipinski definition) is 5. The molecular weight excluding hydrogens is 299 g/mol. The summed E-state index contributed by atoms with van der Waals surface area (Å²) in [7, 11) is -0.975. The van der Waals surface area contributed by atoms with Crippen molar-refractivity contribution in [3.63, 3.8) is 0 Å². The van der Waals surface area contributed by atoms with Crippen molar-refractivity contribution >= 4 is 15.7 Å². The molecule has 1 fully saturated rings. The summed E-state index contributed by atoms with van der Waals surface area (Å²) < 4.78 is 50.3. The van der Waals surface area contributed by atoms with Crippen molar-refractivity contribution in [2.75, 3.05) is 33.0 Å². The lowest BCUT2D eigenvalue weighted by Gasteiger charge is -2.31. The summed E-state index contributed by atoms with van der Waals surface area (Å²) in [6.07, 6.45) is 1.36. The van der Waals surface area contributed by atoms with Gasteiger partial charge in [0.2, 0.25) is 10.0 Å². The first-order chi connectivity index (χ1) is 9.90. The normalized spacial score (nSPS) is 20.4. The van der Waals surface area contributed by atoms with Crippen LogP contribution in [0.5, 0.6) is 5.75 Å². The molecule has 1 unspecified atom stereocenters. The van der Waals surface area contributed by atoms with E-state index in [1.54, 1.807) is 7.11 Å². The van der Waals surface area contributed by atoms with Crippen LogP contribution in [-0.2, 0) is 14.8 Å². The third kappa shape index (κ3) is 3.12. The Hall–Kier alpha value is -1.38. The Morgan fingerprint density at radius 2 is 2.10 bits per heavy atom. The van der Waals surface area contributed by atoms with E-state index < -0.39 is 15.8 Å². The Labute approximate surface area is 123 Å². The van der Waals surface area contributed by atoms with Gasteiger partial charge in [0.1, 0.15) is 0 Å². The average Bonchev–Trinajstić information content (AvgIpc) is 2.47. The number of anilines is 1. The minimum absolute atomic E-state index is 0.0450. The number of nitrogen functional groups attached to an aromatic ring is 1. The van der Waals surface area contributed by atoms with E-state index in [9.17, 15) is 12.8 Å². The summed E-state index contributed by atoms with van der Waals surface area (Å²) in [5.74, 6) is -0.946. The molecule has 6 nitrogen and oxygen atoms in total. The number of nitrogens with two attached hydrogens (primary N) is 1. The number of benzene rings is 1. The SMILES string of the molecule is COc1c(N)cc(S(=O)(=O)N2CCCC(OC)C2)cc1F. The highest BCUT2D eigenvalue weighted by Crippen LogP contribution is 2.30. The maximum atomic E-state index is 13.8. The smallest absolute Gasteiger partial charge is 0.243 e. The second kappa shape index (κ2) is 6.17. The Morgan fingerprint density at radius 1 is 1.38 bits per heavy atom. The van der Waals surface area contributed by atoms with Gasteiger partial charge in [-0.2, -0.15) is 4.31 Å². The zero-order valence-corrected chi connectivity index (χ0v) is 12.8. The molecule has 1 aliphatic rings. The molecule has 1 saturated heterocycles. The molecule has 8 heteroatoms. The van der Waals surface area contributed by atoms with E-state index in [0.29, 0.717) is 13.0 Å². The fraction of sp³-hybridized carbons (Fsp3) is 0.538. The van der Waals surface area contributed by atoms with Gasteiger partial charge in [-0.15, -0.1) is 0 Å². The number of nitrogens with zero attached hydrogens (tertiary/aromatic N) is 1. The van der Waals surface area contributed by atoms with Gasteiger partial charge in [0.05, 0.1) is 23.8 Å². The predicted octanol–water partition coefficient (Wildman–Crippen LogP) is 1.22. The van der Waals surface area contributed by atoms with Crippen LogP contribution in [0.4, 0.5) is 10.1 Å². The van der Waals surface area contributed by atoms with Gasteiger partial charge in [0, 0.05) is 20.2 Å². The highest BCUT2D eigenvalue weighted by molar-refractivity contribution is 7.89. The van der Waals surface area contributed by atoms with Crippen molar-refractivity contribution in [2.24, 2.45) is 0 Å². The molecule has 0 amide bonds. The summed E-state index contributed by atoms with van der Waals surface area (Å²) in [6.45, 7) is 0.641. The van der Waals surface area contributed by atoms with E-state index in [4.69, 9.17) is 15.2 Å². The molecule has 21 heavy (non-hydrogen) atoms. The molecular formula is C13H19FN2O4S. The third-order valence-corrected chi connectivity index (χ3v) is 5.40. The van der Waals surface area contributed by atoms with E-state index >= 15 is 0 Å². The van der Waals surface area contributed by atoms with Crippen LogP contribution in [0.15, 0.2) is 17.0 Å². The van der Waals surface area contributed by atoms with Crippen molar-refractivity contribution in [1.29, 1.82) is 0 Å². The lowest BCUT2D eigenvalue weighted by Crippen LogP contribution is -2.42. The van der Waals surface area contributed by atoms with E-state index in [1.807, 2.05) is 0 Å². The van der Waals surface area contributed by atoms with Crippen LogP contribution in [-0.4, -0.2) is 46.1 Å². The first kappa shape index (κ1) is 16.0. The zero-order chi connectivity index (χ0) is 15.6. The van der Waals surface area contributed by atoms with Crippen molar-refractivity contribution in [3.8, 4) is 5.75 Å². The molecule has 1 heterocycles. The quantitative estimate of drug-likeness (QED) is 0.844. The van der Waals surface area contributed by atoms with Crippen LogP contribution in [0.1, 0.15) is 12.8 Å². The van der Waals surface area contributed by atoms with Gasteiger partial charge >= 0.3 is 0 Å². The van der Waals surface area contributed by atoms with Gasteiger partial charge in [0.15, 0.2) is 11.6 Å². The maximum absolute atomic E-state index is 13.8. The van der Waals surface area contributed by atoms with Gasteiger partial charge in [-0.3, -0.25) is 0 Å². The first-order valence-electron chi connectivity index (χ1n) is 6.56. The highest BCUT2D eigenvalue weighted by atomic mass is 32.2. The molecule has 2 N–H and O–H groups in total. The number of hydrogen-bond donors (Lipinski definition) is 1. The highest BCUT2D eigenvalue weighted by Gasteiger charge is 2.31. The number of halogens is 1. The maximum Gasteiger partial charge on any atom is 0.243 e. The van der Waals surface area contributed by atoms with Crippen LogP contribution in [0.3, 0.4) is 0 Å². The number of rotatable bonds is 4. The van der Waals surface area contributed by atoms with E-state index in [2.05, 4.69) is 0 Å². The van der Waals surface area contributed by atoms with E-state index in [-0.39, 0.29) is 29.0 Å². The molecule has 0 aliphatic carbocycles. The van der Waals surface area contributed by atoms with Gasteiger partial charge < -0.3 is 15.2 Å². The van der Waals surface area contributed by atoms with E-state index in [0.717, 1.165) is 12.5 Å². The first-order valence-corrected chi connectivity index (χ1v) is 8.00. The molecule has 0 spiro atoms. The molecule has 1 aromatic carbocycles. The number of sulfonamides is 1. The van der Waals surface area contributed by atoms with Gasteiger partial charge in [-0.05, 0) is 25.0 Å². The molecule has 0 saturated carbocycles. The fourth-order valence-corrected chi connectivity index (χ4v) is 3.98. The molecule has 1 atom stereocenters. The summed E-state index contributed by atoms with van der Waals surface area (Å²) in [4.78, 5) is -0.171. The molecule has 1 aliphatic heterocycles. The lowest BCUT2D eigenvalue weighted by molar-refractivity contribution is 0.0572. The molecule has 0 bridgehead atoms. The Balaban J connectivity index is 2.35. The summed E-state index contributed by atoms with van der Waals surface area (Å²) >= 11 is 0. The number of methoxy groups -OCH3 is 2. The van der Waals surface area contributed by atoms with Crippen LogP contribution in [0, 0.1) is 5.82 Å². The van der Waals surface area contributed by atoms with Crippen molar-refractivity contribution in [1.82, 2.24) is 4.31 Å². The summed E-state index contributed by atoms with van der Waals surface area (Å²) in [6, 6.07) is 2.15. The Kier molecular flexibility index (Phi) is 4.70. The zero-order valence-electron chi connectivity index (χ0n) is 12.0. The average molecular weight is 318 g/mol. The monoisotopic (exact) mass is 318 g/mol. The van der Waals surface area contributed by atoms with Gasteiger partial charge in [0.25, 0.3) is 0 Å². The predicted molar refractivity (Wildman–Crippen MR) is 76.2 cm³/mol. The van der Waals surface area contributed by atoms with Crippen molar-refractivity contribution < 1.29 is 22.3 Å². The number of ether oxygens (including phenoxy) is 2.